The van der Waals surface area contributed by atoms with Crippen molar-refractivity contribution in [1.82, 2.24) is 0 Å². The molecule has 0 aromatic heterocycles. The summed E-state index contributed by atoms with van der Waals surface area (Å²) in [5, 5.41) is 73.4. The monoisotopic (exact) mass is 808 g/mol. The molecule has 7 rings (SSSR count). The SMILES string of the molecule is COC(=O)[C@@]1(C)CC[C@]2(C)CC[C@]3(C)C(=CC(=O)[C@@H]4[C@@]5(C)CC[C@H](O[C@@H]6O[C@H](CO)[C@@H](O)[C@H](O)[C@H]6O[C@@H]6O[C@H](CO)[C@@H](O)[C@H](O)[C@H]6O)C(C)(C)[C@@H]5CC[C@]43C)[C@@H]2C1. The number of rotatable bonds is 7. The van der Waals surface area contributed by atoms with E-state index in [1.54, 1.807) is 0 Å². The van der Waals surface area contributed by atoms with Gasteiger partial charge in [-0.2, -0.15) is 0 Å². The molecule has 0 spiro atoms. The van der Waals surface area contributed by atoms with Crippen molar-refractivity contribution in [1.29, 1.82) is 0 Å². The molecule has 0 aromatic carbocycles. The van der Waals surface area contributed by atoms with Gasteiger partial charge in [0.2, 0.25) is 0 Å². The second-order valence-electron chi connectivity index (χ2n) is 20.7. The normalized spacial score (nSPS) is 53.4. The van der Waals surface area contributed by atoms with Gasteiger partial charge in [-0.05, 0) is 110 Å². The topological polar surface area (TPSA) is 222 Å². The van der Waals surface area contributed by atoms with Crippen LogP contribution < -0.4 is 0 Å². The summed E-state index contributed by atoms with van der Waals surface area (Å²) in [6, 6.07) is 0. The number of aliphatic hydroxyl groups excluding tert-OH is 7. The van der Waals surface area contributed by atoms with E-state index in [4.69, 9.17) is 23.7 Å². The van der Waals surface area contributed by atoms with Gasteiger partial charge < -0.3 is 59.4 Å². The van der Waals surface area contributed by atoms with Crippen molar-refractivity contribution in [2.75, 3.05) is 20.3 Å². The molecule has 324 valence electrons. The van der Waals surface area contributed by atoms with Crippen LogP contribution in [0, 0.1) is 50.2 Å². The van der Waals surface area contributed by atoms with E-state index in [9.17, 15) is 45.3 Å². The van der Waals surface area contributed by atoms with Gasteiger partial charge in [-0.3, -0.25) is 9.59 Å². The number of hydrogen-bond acceptors (Lipinski definition) is 14. The molecule has 0 aromatic rings. The highest BCUT2D eigenvalue weighted by Gasteiger charge is 2.71. The summed E-state index contributed by atoms with van der Waals surface area (Å²) >= 11 is 0. The molecule has 57 heavy (non-hydrogen) atoms. The molecule has 6 fully saturated rings. The molecule has 7 aliphatic rings. The van der Waals surface area contributed by atoms with Crippen molar-refractivity contribution < 1.29 is 69.0 Å². The van der Waals surface area contributed by atoms with Gasteiger partial charge in [0.15, 0.2) is 18.4 Å². The molecule has 14 nitrogen and oxygen atoms in total. The van der Waals surface area contributed by atoms with Crippen LogP contribution in [-0.4, -0.2) is 135 Å². The summed E-state index contributed by atoms with van der Waals surface area (Å²) in [6.07, 6.45) is -6.64. The van der Waals surface area contributed by atoms with Crippen LogP contribution in [0.3, 0.4) is 0 Å². The zero-order valence-electron chi connectivity index (χ0n) is 34.9. The number of carbonyl (C=O) groups excluding carboxylic acids is 2. The molecular formula is C43H68O14. The maximum Gasteiger partial charge on any atom is 0.311 e. The van der Waals surface area contributed by atoms with E-state index in [1.165, 1.54) is 12.7 Å². The molecule has 2 heterocycles. The summed E-state index contributed by atoms with van der Waals surface area (Å²) in [7, 11) is 1.46. The van der Waals surface area contributed by atoms with Crippen LogP contribution in [0.4, 0.5) is 0 Å². The number of aliphatic hydroxyl groups is 7. The Kier molecular flexibility index (Phi) is 11.3. The summed E-state index contributed by atoms with van der Waals surface area (Å²) in [4.78, 5) is 28.0. The Morgan fingerprint density at radius 1 is 0.754 bits per heavy atom. The van der Waals surface area contributed by atoms with E-state index < -0.39 is 97.0 Å². The Labute approximate surface area is 336 Å². The highest BCUT2D eigenvalue weighted by molar-refractivity contribution is 5.95. The lowest BCUT2D eigenvalue weighted by molar-refractivity contribution is -0.378. The minimum atomic E-state index is -1.77. The standard InChI is InChI=1S/C43H68O14/c1-38(2)26-9-12-43(7)34(23(46)17-21-22-18-40(4,37(52)53-8)14-13-39(22,3)15-16-42(21,43)6)41(26,5)11-10-27(38)56-36-33(31(50)29(48)25(20-45)55-36)57-35-32(51)30(49)28(47)24(19-44)54-35/h17,22,24-36,44-45,47-51H,9-16,18-20H2,1-8H3/t22-,24+,25+,26-,27-,28+,29+,30-,31-,32+,33+,34+,35-,36-,39+,40-,41-,42+,43+/m0/s1. The van der Waals surface area contributed by atoms with Crippen molar-refractivity contribution in [3.63, 3.8) is 0 Å². The van der Waals surface area contributed by atoms with Gasteiger partial charge in [-0.25, -0.2) is 0 Å². The lowest BCUT2D eigenvalue weighted by Gasteiger charge is -2.70. The van der Waals surface area contributed by atoms with Crippen LogP contribution in [0.1, 0.15) is 106 Å². The van der Waals surface area contributed by atoms with Crippen molar-refractivity contribution in [2.45, 2.75) is 174 Å². The first-order chi connectivity index (χ1) is 26.6. The maximum absolute atomic E-state index is 14.9. The molecular weight excluding hydrogens is 740 g/mol. The summed E-state index contributed by atoms with van der Waals surface area (Å²) < 4.78 is 29.6. The van der Waals surface area contributed by atoms with Crippen LogP contribution in [0.15, 0.2) is 11.6 Å². The zero-order chi connectivity index (χ0) is 41.8. The predicted molar refractivity (Wildman–Crippen MR) is 203 cm³/mol. The zero-order valence-corrected chi connectivity index (χ0v) is 34.9. The van der Waals surface area contributed by atoms with E-state index in [1.807, 2.05) is 13.0 Å². The molecule has 19 atom stereocenters. The highest BCUT2D eigenvalue weighted by Crippen LogP contribution is 2.75. The van der Waals surface area contributed by atoms with Crippen LogP contribution in [0.5, 0.6) is 0 Å². The van der Waals surface area contributed by atoms with Gasteiger partial charge in [-0.15, -0.1) is 0 Å². The van der Waals surface area contributed by atoms with Crippen LogP contribution in [-0.2, 0) is 33.3 Å². The van der Waals surface area contributed by atoms with Crippen LogP contribution in [0.2, 0.25) is 0 Å². The fraction of sp³-hybridized carbons (Fsp3) is 0.907. The number of ketones is 1. The molecule has 7 N–H and O–H groups in total. The average molecular weight is 809 g/mol. The fourth-order valence-electron chi connectivity index (χ4n) is 13.6. The molecule has 4 saturated carbocycles. The number of allylic oxidation sites excluding steroid dienone is 2. The molecule has 5 aliphatic carbocycles. The third-order valence-electron chi connectivity index (χ3n) is 17.5. The minimum absolute atomic E-state index is 0.00502. The number of fused-ring (bicyclic) bond motifs is 7. The van der Waals surface area contributed by atoms with Crippen LogP contribution in [0.25, 0.3) is 0 Å². The van der Waals surface area contributed by atoms with E-state index in [-0.39, 0.29) is 45.8 Å². The molecule has 0 bridgehead atoms. The summed E-state index contributed by atoms with van der Waals surface area (Å²) in [5.41, 5.74) is -0.876. The van der Waals surface area contributed by atoms with E-state index >= 15 is 0 Å². The van der Waals surface area contributed by atoms with E-state index in [0.717, 1.165) is 38.5 Å². The number of ether oxygens (including phenoxy) is 5. The Balaban J connectivity index is 1.16. The van der Waals surface area contributed by atoms with Gasteiger partial charge in [0.25, 0.3) is 0 Å². The van der Waals surface area contributed by atoms with Crippen molar-refractivity contribution in [3.8, 4) is 0 Å². The second-order valence-corrected chi connectivity index (χ2v) is 20.7. The van der Waals surface area contributed by atoms with Crippen molar-refractivity contribution >= 4 is 11.8 Å². The second kappa shape index (κ2) is 14.8. The molecule has 0 radical (unpaired) electrons. The van der Waals surface area contributed by atoms with Crippen molar-refractivity contribution in [3.05, 3.63) is 11.6 Å². The van der Waals surface area contributed by atoms with Gasteiger partial charge in [0.05, 0.1) is 31.8 Å². The number of esters is 1. The van der Waals surface area contributed by atoms with Crippen LogP contribution >= 0.6 is 0 Å². The molecule has 2 saturated heterocycles. The Bertz CT molecular complexity index is 1580. The smallest absolute Gasteiger partial charge is 0.311 e. The average Bonchev–Trinajstić information content (AvgIpc) is 3.16. The van der Waals surface area contributed by atoms with Gasteiger partial charge in [0.1, 0.15) is 48.8 Å². The first-order valence-electron chi connectivity index (χ1n) is 21.1. The lowest BCUT2D eigenvalue weighted by Crippen LogP contribution is -2.68. The largest absolute Gasteiger partial charge is 0.469 e. The third-order valence-corrected chi connectivity index (χ3v) is 17.5. The van der Waals surface area contributed by atoms with E-state index in [2.05, 4.69) is 41.5 Å². The minimum Gasteiger partial charge on any atom is -0.469 e. The Hall–Kier alpha value is -1.56. The summed E-state index contributed by atoms with van der Waals surface area (Å²) in [6.45, 7) is 14.3. The molecule has 2 aliphatic heterocycles. The lowest BCUT2D eigenvalue weighted by atomic mass is 9.33. The van der Waals surface area contributed by atoms with Gasteiger partial charge >= 0.3 is 5.97 Å². The number of hydrogen-bond donors (Lipinski definition) is 7. The fourth-order valence-corrected chi connectivity index (χ4v) is 13.6. The number of methoxy groups -OCH3 is 1. The predicted octanol–water partition coefficient (Wildman–Crippen LogP) is 2.15. The molecule has 0 unspecified atom stereocenters. The highest BCUT2D eigenvalue weighted by atomic mass is 16.8. The molecule has 14 heteroatoms. The third kappa shape index (κ3) is 6.44. The summed E-state index contributed by atoms with van der Waals surface area (Å²) in [5.74, 6) is -0.129. The van der Waals surface area contributed by atoms with E-state index in [0.29, 0.717) is 19.3 Å². The first-order valence-corrected chi connectivity index (χ1v) is 21.1. The van der Waals surface area contributed by atoms with Crippen molar-refractivity contribution in [2.24, 2.45) is 50.2 Å². The Morgan fingerprint density at radius 2 is 1.37 bits per heavy atom. The van der Waals surface area contributed by atoms with Gasteiger partial charge in [-0.1, -0.05) is 47.1 Å². The Morgan fingerprint density at radius 3 is 2.00 bits per heavy atom. The maximum atomic E-state index is 14.9. The molecule has 0 amide bonds. The van der Waals surface area contributed by atoms with Gasteiger partial charge in [0, 0.05) is 5.92 Å². The first kappa shape index (κ1) is 43.5. The quantitative estimate of drug-likeness (QED) is 0.145. The number of carbonyl (C=O) groups is 2.